The highest BCUT2D eigenvalue weighted by molar-refractivity contribution is 7.89. The molecule has 2 N–H and O–H groups in total. The highest BCUT2D eigenvalue weighted by Gasteiger charge is 2.28. The molecule has 0 spiro atoms. The van der Waals surface area contributed by atoms with Crippen molar-refractivity contribution in [3.8, 4) is 0 Å². The van der Waals surface area contributed by atoms with Crippen molar-refractivity contribution in [2.24, 2.45) is 5.73 Å². The second-order valence-electron chi connectivity index (χ2n) is 3.49. The molecule has 0 radical (unpaired) electrons. The molecule has 9 heteroatoms. The standard InChI is InChI=1S/C9H12Cl2N2O2S3/c1-2-3-13(5-8(12)16)18(14,15)6-4-7(10)17-9(6)11/h4H,2-3,5H2,1H3,(H2,12,16). The lowest BCUT2D eigenvalue weighted by atomic mass is 10.5. The smallest absolute Gasteiger partial charge is 0.245 e. The summed E-state index contributed by atoms with van der Waals surface area (Å²) >= 11 is 17.4. The first-order valence-corrected chi connectivity index (χ1v) is 8.44. The van der Waals surface area contributed by atoms with E-state index >= 15 is 0 Å². The Morgan fingerprint density at radius 3 is 2.56 bits per heavy atom. The fraction of sp³-hybridized carbons (Fsp3) is 0.444. The van der Waals surface area contributed by atoms with Crippen LogP contribution in [0, 0.1) is 0 Å². The zero-order valence-corrected chi connectivity index (χ0v) is 13.5. The maximum absolute atomic E-state index is 12.4. The monoisotopic (exact) mass is 346 g/mol. The van der Waals surface area contributed by atoms with E-state index in [-0.39, 0.29) is 20.8 Å². The minimum absolute atomic E-state index is 0.00358. The summed E-state index contributed by atoms with van der Waals surface area (Å²) in [6.45, 7) is 2.18. The quantitative estimate of drug-likeness (QED) is 0.804. The molecule has 4 nitrogen and oxygen atoms in total. The van der Waals surface area contributed by atoms with E-state index in [4.69, 9.17) is 41.2 Å². The van der Waals surface area contributed by atoms with Gasteiger partial charge in [0, 0.05) is 6.54 Å². The Morgan fingerprint density at radius 2 is 2.17 bits per heavy atom. The lowest BCUT2D eigenvalue weighted by Gasteiger charge is -2.20. The van der Waals surface area contributed by atoms with E-state index in [2.05, 4.69) is 0 Å². The van der Waals surface area contributed by atoms with Crippen LogP contribution in [0.15, 0.2) is 11.0 Å². The second-order valence-corrected chi connectivity index (χ2v) is 8.21. The van der Waals surface area contributed by atoms with Crippen molar-refractivity contribution in [1.29, 1.82) is 0 Å². The highest BCUT2D eigenvalue weighted by Crippen LogP contribution is 2.35. The number of thiophene rings is 1. The number of hydrogen-bond donors (Lipinski definition) is 1. The van der Waals surface area contributed by atoms with Crippen molar-refractivity contribution in [1.82, 2.24) is 4.31 Å². The van der Waals surface area contributed by atoms with Gasteiger partial charge >= 0.3 is 0 Å². The highest BCUT2D eigenvalue weighted by atomic mass is 35.5. The van der Waals surface area contributed by atoms with Crippen LogP contribution in [-0.4, -0.2) is 30.8 Å². The summed E-state index contributed by atoms with van der Waals surface area (Å²) in [5, 5.41) is 0. The fourth-order valence-corrected chi connectivity index (χ4v) is 5.21. The third-order valence-electron chi connectivity index (χ3n) is 2.05. The lowest BCUT2D eigenvalue weighted by Crippen LogP contribution is -2.38. The molecule has 1 heterocycles. The average Bonchev–Trinajstić information content (AvgIpc) is 2.57. The molecular formula is C9H12Cl2N2O2S3. The number of nitrogens with zero attached hydrogens (tertiary/aromatic N) is 1. The number of nitrogens with two attached hydrogens (primary N) is 1. The van der Waals surface area contributed by atoms with Crippen LogP contribution >= 0.6 is 46.8 Å². The second kappa shape index (κ2) is 6.49. The van der Waals surface area contributed by atoms with E-state index in [0.29, 0.717) is 17.3 Å². The predicted molar refractivity (Wildman–Crippen MR) is 80.2 cm³/mol. The molecule has 0 amide bonds. The molecule has 0 saturated carbocycles. The van der Waals surface area contributed by atoms with Gasteiger partial charge in [0.2, 0.25) is 10.0 Å². The van der Waals surface area contributed by atoms with Crippen LogP contribution in [0.4, 0.5) is 0 Å². The number of thiocarbonyl (C=S) groups is 1. The Balaban J connectivity index is 3.16. The molecule has 0 aliphatic carbocycles. The Labute approximate surface area is 126 Å². The Kier molecular flexibility index (Phi) is 5.82. The van der Waals surface area contributed by atoms with Gasteiger partial charge in [-0.15, -0.1) is 11.3 Å². The first-order valence-electron chi connectivity index (χ1n) is 5.02. The zero-order chi connectivity index (χ0) is 13.9. The molecule has 0 fully saturated rings. The van der Waals surface area contributed by atoms with E-state index in [1.165, 1.54) is 10.4 Å². The van der Waals surface area contributed by atoms with Crippen LogP contribution in [0.25, 0.3) is 0 Å². The summed E-state index contributed by atoms with van der Waals surface area (Å²) in [6, 6.07) is 1.34. The molecule has 0 unspecified atom stereocenters. The number of rotatable bonds is 6. The molecule has 0 bridgehead atoms. The van der Waals surface area contributed by atoms with Crippen molar-refractivity contribution >= 4 is 61.8 Å². The molecule has 102 valence electrons. The fourth-order valence-electron chi connectivity index (χ4n) is 1.35. The van der Waals surface area contributed by atoms with Gasteiger partial charge in [-0.2, -0.15) is 4.31 Å². The van der Waals surface area contributed by atoms with Crippen LogP contribution in [0.2, 0.25) is 8.67 Å². The molecule has 1 rings (SSSR count). The molecule has 0 saturated heterocycles. The van der Waals surface area contributed by atoms with Crippen molar-refractivity contribution in [3.05, 3.63) is 14.7 Å². The van der Waals surface area contributed by atoms with Crippen molar-refractivity contribution in [2.45, 2.75) is 18.2 Å². The summed E-state index contributed by atoms with van der Waals surface area (Å²) in [5.74, 6) is 0. The van der Waals surface area contributed by atoms with Gasteiger partial charge in [0.1, 0.15) is 9.23 Å². The summed E-state index contributed by atoms with van der Waals surface area (Å²) in [5.41, 5.74) is 5.41. The van der Waals surface area contributed by atoms with E-state index < -0.39 is 10.0 Å². The maximum atomic E-state index is 12.4. The Bertz CT molecular complexity index is 542. The van der Waals surface area contributed by atoms with Gasteiger partial charge in [0.15, 0.2) is 0 Å². The van der Waals surface area contributed by atoms with Gasteiger partial charge in [-0.25, -0.2) is 8.42 Å². The molecule has 0 atom stereocenters. The summed E-state index contributed by atoms with van der Waals surface area (Å²) in [6.07, 6.45) is 0.650. The molecule has 0 aliphatic rings. The van der Waals surface area contributed by atoms with Gasteiger partial charge in [0.05, 0.1) is 15.9 Å². The minimum Gasteiger partial charge on any atom is -0.392 e. The van der Waals surface area contributed by atoms with Crippen molar-refractivity contribution < 1.29 is 8.42 Å². The van der Waals surface area contributed by atoms with E-state index in [1.54, 1.807) is 0 Å². The zero-order valence-electron chi connectivity index (χ0n) is 9.52. The minimum atomic E-state index is -3.71. The van der Waals surface area contributed by atoms with Gasteiger partial charge < -0.3 is 5.73 Å². The summed E-state index contributed by atoms with van der Waals surface area (Å²) in [4.78, 5) is 0.119. The van der Waals surface area contributed by atoms with Crippen LogP contribution < -0.4 is 5.73 Å². The van der Waals surface area contributed by atoms with E-state index in [0.717, 1.165) is 11.3 Å². The van der Waals surface area contributed by atoms with Crippen molar-refractivity contribution in [3.63, 3.8) is 0 Å². The lowest BCUT2D eigenvalue weighted by molar-refractivity contribution is 0.450. The molecule has 18 heavy (non-hydrogen) atoms. The average molecular weight is 347 g/mol. The number of halogens is 2. The Hall–Kier alpha value is 0.0800. The predicted octanol–water partition coefficient (Wildman–Crippen LogP) is 2.74. The number of sulfonamides is 1. The van der Waals surface area contributed by atoms with Crippen LogP contribution in [0.1, 0.15) is 13.3 Å². The van der Waals surface area contributed by atoms with Crippen LogP contribution in [0.3, 0.4) is 0 Å². The molecule has 1 aromatic heterocycles. The normalized spacial score (nSPS) is 12.0. The Morgan fingerprint density at radius 1 is 1.56 bits per heavy atom. The number of hydrogen-bond acceptors (Lipinski definition) is 4. The van der Waals surface area contributed by atoms with Crippen molar-refractivity contribution in [2.75, 3.05) is 13.1 Å². The summed E-state index contributed by atoms with van der Waals surface area (Å²) < 4.78 is 26.4. The maximum Gasteiger partial charge on any atom is 0.245 e. The third kappa shape index (κ3) is 3.79. The van der Waals surface area contributed by atoms with Gasteiger partial charge in [-0.3, -0.25) is 0 Å². The van der Waals surface area contributed by atoms with Gasteiger partial charge in [0.25, 0.3) is 0 Å². The summed E-state index contributed by atoms with van der Waals surface area (Å²) in [7, 11) is -3.71. The van der Waals surface area contributed by atoms with Gasteiger partial charge in [-0.05, 0) is 12.5 Å². The molecule has 1 aromatic rings. The van der Waals surface area contributed by atoms with Crippen LogP contribution in [-0.2, 0) is 10.0 Å². The third-order valence-corrected chi connectivity index (χ3v) is 5.78. The van der Waals surface area contributed by atoms with E-state index in [9.17, 15) is 8.42 Å². The SMILES string of the molecule is CCCN(CC(N)=S)S(=O)(=O)c1cc(Cl)sc1Cl. The topological polar surface area (TPSA) is 63.4 Å². The van der Waals surface area contributed by atoms with Crippen LogP contribution in [0.5, 0.6) is 0 Å². The van der Waals surface area contributed by atoms with Gasteiger partial charge in [-0.1, -0.05) is 42.3 Å². The molecular weight excluding hydrogens is 335 g/mol. The molecule has 0 aromatic carbocycles. The first kappa shape index (κ1) is 16.1. The first-order chi connectivity index (χ1) is 8.28. The van der Waals surface area contributed by atoms with E-state index in [1.807, 2.05) is 6.92 Å². The largest absolute Gasteiger partial charge is 0.392 e. The molecule has 0 aliphatic heterocycles.